The van der Waals surface area contributed by atoms with Gasteiger partial charge in [-0.3, -0.25) is 4.18 Å². The summed E-state index contributed by atoms with van der Waals surface area (Å²) in [6.07, 6.45) is 1.06. The minimum Gasteiger partial charge on any atom is -0.726 e. The molecule has 2 aromatic rings. The molecule has 0 spiro atoms. The van der Waals surface area contributed by atoms with E-state index < -0.39 is 10.4 Å². The molecule has 0 aromatic heterocycles. The third kappa shape index (κ3) is 7.97. The SMILES string of the molecule is O=S(=O)([O-])OCCCCOc1ccc(-c2ccccc2)cc1.[Na+]. The average molecular weight is 344 g/mol. The van der Waals surface area contributed by atoms with Crippen molar-refractivity contribution in [3.63, 3.8) is 0 Å². The summed E-state index contributed by atoms with van der Waals surface area (Å²) in [6, 6.07) is 17.8. The summed E-state index contributed by atoms with van der Waals surface area (Å²) < 4.78 is 40.3. The minimum atomic E-state index is -4.59. The monoisotopic (exact) mass is 344 g/mol. The first kappa shape index (κ1) is 20.2. The quantitative estimate of drug-likeness (QED) is 0.291. The van der Waals surface area contributed by atoms with E-state index in [4.69, 9.17) is 4.74 Å². The maximum absolute atomic E-state index is 10.2. The Balaban J connectivity index is 0.00000264. The van der Waals surface area contributed by atoms with E-state index in [0.717, 1.165) is 16.9 Å². The van der Waals surface area contributed by atoms with Crippen LogP contribution in [-0.4, -0.2) is 26.2 Å². The molecule has 0 fully saturated rings. The van der Waals surface area contributed by atoms with Crippen LogP contribution in [0.5, 0.6) is 5.75 Å². The fraction of sp³-hybridized carbons (Fsp3) is 0.250. The Morgan fingerprint density at radius 2 is 1.39 bits per heavy atom. The number of unbranched alkanes of at least 4 members (excludes halogenated alkanes) is 1. The summed E-state index contributed by atoms with van der Waals surface area (Å²) >= 11 is 0. The molecule has 0 amide bonds. The second-order valence-corrected chi connectivity index (χ2v) is 5.73. The molecule has 23 heavy (non-hydrogen) atoms. The molecular formula is C16H17NaO5S. The van der Waals surface area contributed by atoms with Gasteiger partial charge in [0, 0.05) is 0 Å². The van der Waals surface area contributed by atoms with E-state index in [1.54, 1.807) is 0 Å². The van der Waals surface area contributed by atoms with Crippen molar-refractivity contribution in [3.8, 4) is 16.9 Å². The van der Waals surface area contributed by atoms with Crippen LogP contribution in [0.1, 0.15) is 12.8 Å². The zero-order valence-corrected chi connectivity index (χ0v) is 15.8. The summed E-state index contributed by atoms with van der Waals surface area (Å²) in [4.78, 5) is 0. The zero-order chi connectivity index (χ0) is 15.8. The Labute approximate surface area is 158 Å². The van der Waals surface area contributed by atoms with Crippen molar-refractivity contribution in [2.75, 3.05) is 13.2 Å². The van der Waals surface area contributed by atoms with E-state index in [0.29, 0.717) is 19.4 Å². The fourth-order valence-electron chi connectivity index (χ4n) is 1.93. The van der Waals surface area contributed by atoms with Crippen molar-refractivity contribution < 1.29 is 51.4 Å². The Kier molecular flexibility index (Phi) is 8.83. The van der Waals surface area contributed by atoms with Crippen molar-refractivity contribution in [2.45, 2.75) is 12.8 Å². The second kappa shape index (κ2) is 10.1. The van der Waals surface area contributed by atoms with Gasteiger partial charge in [-0.25, -0.2) is 8.42 Å². The van der Waals surface area contributed by atoms with Gasteiger partial charge in [0.15, 0.2) is 0 Å². The zero-order valence-electron chi connectivity index (χ0n) is 13.0. The molecule has 118 valence electrons. The smallest absolute Gasteiger partial charge is 0.726 e. The van der Waals surface area contributed by atoms with Gasteiger partial charge in [0.05, 0.1) is 13.2 Å². The maximum Gasteiger partial charge on any atom is 1.00 e. The van der Waals surface area contributed by atoms with E-state index in [-0.39, 0.29) is 36.2 Å². The molecule has 0 heterocycles. The molecule has 5 nitrogen and oxygen atoms in total. The van der Waals surface area contributed by atoms with Gasteiger partial charge >= 0.3 is 29.6 Å². The van der Waals surface area contributed by atoms with E-state index in [1.165, 1.54) is 0 Å². The van der Waals surface area contributed by atoms with Crippen LogP contribution in [0.15, 0.2) is 54.6 Å². The van der Waals surface area contributed by atoms with Crippen LogP contribution < -0.4 is 34.3 Å². The molecule has 2 aromatic carbocycles. The summed E-state index contributed by atoms with van der Waals surface area (Å²) in [5.41, 5.74) is 2.26. The molecule has 0 aliphatic heterocycles. The summed E-state index contributed by atoms with van der Waals surface area (Å²) in [5.74, 6) is 0.747. The van der Waals surface area contributed by atoms with Crippen LogP contribution >= 0.6 is 0 Å². The Bertz CT molecular complexity index is 671. The normalized spacial score (nSPS) is 10.8. The molecule has 0 saturated carbocycles. The second-order valence-electron chi connectivity index (χ2n) is 4.68. The van der Waals surface area contributed by atoms with Gasteiger partial charge in [0.2, 0.25) is 10.4 Å². The van der Waals surface area contributed by atoms with E-state index in [2.05, 4.69) is 4.18 Å². The van der Waals surface area contributed by atoms with Gasteiger partial charge in [-0.05, 0) is 36.1 Å². The summed E-state index contributed by atoms with van der Waals surface area (Å²) in [6.45, 7) is 0.328. The van der Waals surface area contributed by atoms with Crippen molar-refractivity contribution in [1.29, 1.82) is 0 Å². The maximum atomic E-state index is 10.2. The van der Waals surface area contributed by atoms with Crippen LogP contribution in [0.4, 0.5) is 0 Å². The molecule has 0 atom stereocenters. The topological polar surface area (TPSA) is 75.7 Å². The number of benzene rings is 2. The molecular weight excluding hydrogens is 327 g/mol. The van der Waals surface area contributed by atoms with Gasteiger partial charge in [0.1, 0.15) is 5.75 Å². The first-order chi connectivity index (χ1) is 10.5. The van der Waals surface area contributed by atoms with Gasteiger partial charge in [-0.15, -0.1) is 0 Å². The van der Waals surface area contributed by atoms with Gasteiger partial charge < -0.3 is 9.29 Å². The molecule has 0 aliphatic carbocycles. The standard InChI is InChI=1S/C16H18O5S.Na/c17-22(18,19)21-13-5-4-12-20-16-10-8-15(9-11-16)14-6-2-1-3-7-14;/h1-3,6-11H,4-5,12-13H2,(H,17,18,19);/q;+1/p-1. The van der Waals surface area contributed by atoms with Gasteiger partial charge in [0.25, 0.3) is 0 Å². The first-order valence-electron chi connectivity index (χ1n) is 6.93. The largest absolute Gasteiger partial charge is 1.00 e. The molecule has 0 aliphatic rings. The van der Waals surface area contributed by atoms with Crippen molar-refractivity contribution in [3.05, 3.63) is 54.6 Å². The third-order valence-corrected chi connectivity index (χ3v) is 3.45. The van der Waals surface area contributed by atoms with E-state index in [9.17, 15) is 13.0 Å². The number of rotatable bonds is 8. The van der Waals surface area contributed by atoms with E-state index >= 15 is 0 Å². The van der Waals surface area contributed by atoms with E-state index in [1.807, 2.05) is 54.6 Å². The minimum absolute atomic E-state index is 0. The molecule has 0 bridgehead atoms. The van der Waals surface area contributed by atoms with Crippen LogP contribution in [0.2, 0.25) is 0 Å². The molecule has 7 heteroatoms. The predicted molar refractivity (Wildman–Crippen MR) is 82.3 cm³/mol. The molecule has 0 radical (unpaired) electrons. The van der Waals surface area contributed by atoms with Crippen LogP contribution in [0.25, 0.3) is 11.1 Å². The third-order valence-electron chi connectivity index (χ3n) is 3.00. The van der Waals surface area contributed by atoms with Crippen molar-refractivity contribution in [2.24, 2.45) is 0 Å². The Hall–Kier alpha value is -0.890. The van der Waals surface area contributed by atoms with Gasteiger partial charge in [-0.1, -0.05) is 42.5 Å². The molecule has 0 saturated heterocycles. The fourth-order valence-corrected chi connectivity index (χ4v) is 2.25. The summed E-state index contributed by atoms with van der Waals surface area (Å²) in [7, 11) is -4.59. The Morgan fingerprint density at radius 1 is 0.826 bits per heavy atom. The molecule has 0 unspecified atom stereocenters. The van der Waals surface area contributed by atoms with Crippen LogP contribution in [0.3, 0.4) is 0 Å². The van der Waals surface area contributed by atoms with Gasteiger partial charge in [-0.2, -0.15) is 0 Å². The predicted octanol–water partition coefficient (Wildman–Crippen LogP) is -0.00660. The van der Waals surface area contributed by atoms with Crippen LogP contribution in [0, 0.1) is 0 Å². The average Bonchev–Trinajstić information content (AvgIpc) is 2.51. The van der Waals surface area contributed by atoms with Crippen molar-refractivity contribution in [1.82, 2.24) is 0 Å². The first-order valence-corrected chi connectivity index (χ1v) is 8.26. The molecule has 0 N–H and O–H groups in total. The number of ether oxygens (including phenoxy) is 1. The number of hydrogen-bond donors (Lipinski definition) is 0. The molecule has 2 rings (SSSR count). The van der Waals surface area contributed by atoms with Crippen molar-refractivity contribution >= 4 is 10.4 Å². The Morgan fingerprint density at radius 3 is 2.00 bits per heavy atom. The number of hydrogen-bond acceptors (Lipinski definition) is 5. The van der Waals surface area contributed by atoms with Crippen LogP contribution in [-0.2, 0) is 14.6 Å². The summed E-state index contributed by atoms with van der Waals surface area (Å²) in [5, 5.41) is 0.